The third-order valence-electron chi connectivity index (χ3n) is 6.23. The molecular formula is C28H32ClN3O5S. The molecule has 0 spiro atoms. The van der Waals surface area contributed by atoms with Crippen LogP contribution in [0.15, 0.2) is 71.6 Å². The lowest BCUT2D eigenvalue weighted by Crippen LogP contribution is -2.50. The molecule has 0 aliphatic heterocycles. The smallest absolute Gasteiger partial charge is 0.264 e. The van der Waals surface area contributed by atoms with Gasteiger partial charge in [0, 0.05) is 18.6 Å². The third-order valence-corrected chi connectivity index (χ3v) is 8.24. The number of ether oxygens (including phenoxy) is 1. The highest BCUT2D eigenvalue weighted by Crippen LogP contribution is 2.30. The first-order chi connectivity index (χ1) is 18.0. The van der Waals surface area contributed by atoms with Crippen LogP contribution in [-0.2, 0) is 26.2 Å². The lowest BCUT2D eigenvalue weighted by atomic mass is 10.1. The van der Waals surface area contributed by atoms with Gasteiger partial charge in [0.15, 0.2) is 0 Å². The molecule has 3 aromatic carbocycles. The Balaban J connectivity index is 2.08. The number of hydrogen-bond donors (Lipinski definition) is 1. The van der Waals surface area contributed by atoms with Crippen LogP contribution in [0, 0.1) is 13.8 Å². The standard InChI is InChI=1S/C28H32ClN3O5S/c1-19-9-13-25(14-10-19)38(35,36)32(26-16-23(29)12-11-20(26)2)18-27(33)31(21(3)28(34)30-4)17-22-7-6-8-24(15-22)37-5/h6-16,21H,17-18H2,1-5H3,(H,30,34). The van der Waals surface area contributed by atoms with Crippen molar-refractivity contribution in [1.82, 2.24) is 10.2 Å². The highest BCUT2D eigenvalue weighted by molar-refractivity contribution is 7.92. The van der Waals surface area contributed by atoms with Gasteiger partial charge in [0.2, 0.25) is 11.8 Å². The van der Waals surface area contributed by atoms with Crippen LogP contribution in [-0.4, -0.2) is 51.9 Å². The number of amides is 2. The van der Waals surface area contributed by atoms with E-state index in [2.05, 4.69) is 5.32 Å². The van der Waals surface area contributed by atoms with Crippen molar-refractivity contribution in [3.8, 4) is 5.75 Å². The Morgan fingerprint density at radius 3 is 2.34 bits per heavy atom. The summed E-state index contributed by atoms with van der Waals surface area (Å²) in [5.74, 6) is -0.340. The molecule has 0 radical (unpaired) electrons. The highest BCUT2D eigenvalue weighted by atomic mass is 35.5. The van der Waals surface area contributed by atoms with Crippen molar-refractivity contribution < 1.29 is 22.7 Å². The molecule has 1 atom stereocenters. The van der Waals surface area contributed by atoms with E-state index in [9.17, 15) is 18.0 Å². The second kappa shape index (κ2) is 12.3. The number of carbonyl (C=O) groups is 2. The molecule has 0 heterocycles. The third kappa shape index (κ3) is 6.65. The molecule has 202 valence electrons. The predicted octanol–water partition coefficient (Wildman–Crippen LogP) is 4.32. The van der Waals surface area contributed by atoms with E-state index in [0.717, 1.165) is 15.4 Å². The average molecular weight is 558 g/mol. The molecular weight excluding hydrogens is 526 g/mol. The van der Waals surface area contributed by atoms with Gasteiger partial charge >= 0.3 is 0 Å². The second-order valence-corrected chi connectivity index (χ2v) is 11.2. The fourth-order valence-electron chi connectivity index (χ4n) is 3.96. The molecule has 0 aliphatic carbocycles. The summed E-state index contributed by atoms with van der Waals surface area (Å²) < 4.78 is 34.1. The van der Waals surface area contributed by atoms with Gasteiger partial charge in [0.05, 0.1) is 17.7 Å². The largest absolute Gasteiger partial charge is 0.497 e. The molecule has 10 heteroatoms. The zero-order valence-electron chi connectivity index (χ0n) is 22.1. The van der Waals surface area contributed by atoms with Crippen molar-refractivity contribution in [2.75, 3.05) is 25.0 Å². The fraction of sp³-hybridized carbons (Fsp3) is 0.286. The zero-order chi connectivity index (χ0) is 28.0. The maximum Gasteiger partial charge on any atom is 0.264 e. The number of nitrogens with zero attached hydrogens (tertiary/aromatic N) is 2. The number of halogens is 1. The van der Waals surface area contributed by atoms with Gasteiger partial charge in [0.1, 0.15) is 18.3 Å². The van der Waals surface area contributed by atoms with E-state index < -0.39 is 28.5 Å². The fourth-order valence-corrected chi connectivity index (χ4v) is 5.60. The zero-order valence-corrected chi connectivity index (χ0v) is 23.6. The Morgan fingerprint density at radius 1 is 1.03 bits per heavy atom. The summed E-state index contributed by atoms with van der Waals surface area (Å²) in [4.78, 5) is 27.8. The van der Waals surface area contributed by atoms with Crippen molar-refractivity contribution in [2.24, 2.45) is 0 Å². The first-order valence-corrected chi connectivity index (χ1v) is 13.8. The SMILES string of the molecule is CNC(=O)C(C)N(Cc1cccc(OC)c1)C(=O)CN(c1cc(Cl)ccc1C)S(=O)(=O)c1ccc(C)cc1. The number of likely N-dealkylation sites (N-methyl/N-ethyl adjacent to an activating group) is 1. The van der Waals surface area contributed by atoms with E-state index in [0.29, 0.717) is 16.3 Å². The van der Waals surface area contributed by atoms with Gasteiger partial charge < -0.3 is 15.0 Å². The minimum absolute atomic E-state index is 0.0361. The number of anilines is 1. The summed E-state index contributed by atoms with van der Waals surface area (Å²) in [5, 5.41) is 2.89. The summed E-state index contributed by atoms with van der Waals surface area (Å²) in [6.07, 6.45) is 0. The van der Waals surface area contributed by atoms with Crippen LogP contribution in [0.5, 0.6) is 5.75 Å². The summed E-state index contributed by atoms with van der Waals surface area (Å²) in [6, 6.07) is 17.5. The molecule has 38 heavy (non-hydrogen) atoms. The number of carbonyl (C=O) groups excluding carboxylic acids is 2. The van der Waals surface area contributed by atoms with E-state index in [1.54, 1.807) is 62.4 Å². The molecule has 1 unspecified atom stereocenters. The molecule has 3 aromatic rings. The molecule has 3 rings (SSSR count). The average Bonchev–Trinajstić information content (AvgIpc) is 2.91. The van der Waals surface area contributed by atoms with Gasteiger partial charge in [0.25, 0.3) is 10.0 Å². The topological polar surface area (TPSA) is 96.0 Å². The van der Waals surface area contributed by atoms with Crippen LogP contribution in [0.4, 0.5) is 5.69 Å². The van der Waals surface area contributed by atoms with Crippen LogP contribution >= 0.6 is 11.6 Å². The van der Waals surface area contributed by atoms with Crippen LogP contribution in [0.2, 0.25) is 5.02 Å². The first-order valence-electron chi connectivity index (χ1n) is 12.0. The quantitative estimate of drug-likeness (QED) is 0.400. The van der Waals surface area contributed by atoms with Crippen molar-refractivity contribution in [3.63, 3.8) is 0 Å². The number of rotatable bonds is 10. The highest BCUT2D eigenvalue weighted by Gasteiger charge is 2.33. The lowest BCUT2D eigenvalue weighted by Gasteiger charge is -2.32. The molecule has 1 N–H and O–H groups in total. The number of methoxy groups -OCH3 is 1. The molecule has 0 saturated carbocycles. The summed E-state index contributed by atoms with van der Waals surface area (Å²) in [5.41, 5.74) is 2.52. The number of hydrogen-bond acceptors (Lipinski definition) is 5. The summed E-state index contributed by atoms with van der Waals surface area (Å²) in [7, 11) is -1.15. The molecule has 2 amide bonds. The van der Waals surface area contributed by atoms with Crippen LogP contribution < -0.4 is 14.4 Å². The number of benzene rings is 3. The van der Waals surface area contributed by atoms with Gasteiger partial charge in [-0.2, -0.15) is 0 Å². The van der Waals surface area contributed by atoms with Gasteiger partial charge in [-0.15, -0.1) is 0 Å². The van der Waals surface area contributed by atoms with E-state index in [-0.39, 0.29) is 23.0 Å². The Hall–Kier alpha value is -3.56. The number of sulfonamides is 1. The van der Waals surface area contributed by atoms with Crippen LogP contribution in [0.25, 0.3) is 0 Å². The molecule has 0 fully saturated rings. The maximum atomic E-state index is 13.9. The second-order valence-electron chi connectivity index (χ2n) is 8.92. The van der Waals surface area contributed by atoms with Gasteiger partial charge in [-0.3, -0.25) is 13.9 Å². The van der Waals surface area contributed by atoms with Crippen molar-refractivity contribution >= 4 is 39.1 Å². The van der Waals surface area contributed by atoms with Gasteiger partial charge in [-0.25, -0.2) is 8.42 Å². The van der Waals surface area contributed by atoms with Gasteiger partial charge in [-0.05, 0) is 68.3 Å². The van der Waals surface area contributed by atoms with E-state index >= 15 is 0 Å². The Labute approximate surface area is 229 Å². The summed E-state index contributed by atoms with van der Waals surface area (Å²) in [6.45, 7) is 4.73. The van der Waals surface area contributed by atoms with Gasteiger partial charge in [-0.1, -0.05) is 47.5 Å². The Bertz CT molecular complexity index is 1410. The molecule has 8 nitrogen and oxygen atoms in total. The molecule has 0 saturated heterocycles. The maximum absolute atomic E-state index is 13.9. The number of aryl methyl sites for hydroxylation is 2. The Morgan fingerprint density at radius 2 is 1.71 bits per heavy atom. The van der Waals surface area contributed by atoms with E-state index in [1.165, 1.54) is 37.3 Å². The predicted molar refractivity (Wildman–Crippen MR) is 149 cm³/mol. The minimum atomic E-state index is -4.17. The van der Waals surface area contributed by atoms with Crippen molar-refractivity contribution in [3.05, 3.63) is 88.4 Å². The van der Waals surface area contributed by atoms with Crippen LogP contribution in [0.1, 0.15) is 23.6 Å². The first kappa shape index (κ1) is 29.0. The monoisotopic (exact) mass is 557 g/mol. The van der Waals surface area contributed by atoms with E-state index in [4.69, 9.17) is 16.3 Å². The normalized spacial score (nSPS) is 11.9. The Kier molecular flexibility index (Phi) is 9.40. The van der Waals surface area contributed by atoms with Crippen molar-refractivity contribution in [2.45, 2.75) is 38.3 Å². The van der Waals surface area contributed by atoms with Crippen molar-refractivity contribution in [1.29, 1.82) is 0 Å². The van der Waals surface area contributed by atoms with Crippen LogP contribution in [0.3, 0.4) is 0 Å². The summed E-state index contributed by atoms with van der Waals surface area (Å²) >= 11 is 6.24. The molecule has 0 aromatic heterocycles. The minimum Gasteiger partial charge on any atom is -0.497 e. The lowest BCUT2D eigenvalue weighted by molar-refractivity contribution is -0.139. The van der Waals surface area contributed by atoms with E-state index in [1.807, 2.05) is 6.92 Å². The molecule has 0 bridgehead atoms. The molecule has 0 aliphatic rings. The number of nitrogens with one attached hydrogen (secondary N) is 1.